The zero-order valence-corrected chi connectivity index (χ0v) is 9.25. The van der Waals surface area contributed by atoms with Crippen LogP contribution in [0.4, 0.5) is 13.2 Å². The summed E-state index contributed by atoms with van der Waals surface area (Å²) in [5, 5.41) is 1.08. The Balaban J connectivity index is 2.35. The molecule has 0 aromatic heterocycles. The van der Waals surface area contributed by atoms with Crippen LogP contribution in [0.3, 0.4) is 0 Å². The van der Waals surface area contributed by atoms with Crippen LogP contribution in [-0.4, -0.2) is 55.3 Å². The molecule has 94 valence electrons. The molecule has 1 aliphatic heterocycles. The van der Waals surface area contributed by atoms with Gasteiger partial charge < -0.3 is 9.74 Å². The highest BCUT2D eigenvalue weighted by atomic mass is 19.4. The molecule has 0 aromatic rings. The summed E-state index contributed by atoms with van der Waals surface area (Å²) in [4.78, 5) is 16.8. The second-order valence-electron chi connectivity index (χ2n) is 4.00. The molecule has 0 aliphatic carbocycles. The summed E-state index contributed by atoms with van der Waals surface area (Å²) in [5.74, 6) is -2.14. The molecule has 1 saturated heterocycles. The van der Waals surface area contributed by atoms with E-state index in [9.17, 15) is 18.0 Å². The molecule has 0 aromatic carbocycles. The van der Waals surface area contributed by atoms with Crippen molar-refractivity contribution in [2.24, 2.45) is 0 Å². The minimum Gasteiger partial charge on any atom is -0.361 e. The number of nitrogens with zero attached hydrogens (tertiary/aromatic N) is 2. The first-order valence-electron chi connectivity index (χ1n) is 5.01. The molecule has 16 heavy (non-hydrogen) atoms. The van der Waals surface area contributed by atoms with Gasteiger partial charge in [0.1, 0.15) is 0 Å². The predicted molar refractivity (Wildman–Crippen MR) is 50.4 cm³/mol. The van der Waals surface area contributed by atoms with E-state index < -0.39 is 12.1 Å². The molecule has 0 amide bonds. The van der Waals surface area contributed by atoms with Crippen LogP contribution in [0, 0.1) is 0 Å². The topological polar surface area (TPSA) is 32.8 Å². The van der Waals surface area contributed by atoms with Crippen molar-refractivity contribution in [2.45, 2.75) is 25.1 Å². The molecular formula is C9H15F3N2O2. The molecule has 0 unspecified atom stereocenters. The van der Waals surface area contributed by atoms with Gasteiger partial charge >= 0.3 is 12.1 Å². The summed E-state index contributed by atoms with van der Waals surface area (Å²) in [7, 11) is 3.84. The summed E-state index contributed by atoms with van der Waals surface area (Å²) in [5.41, 5.74) is 0. The maximum Gasteiger partial charge on any atom is 0.492 e. The lowest BCUT2D eigenvalue weighted by molar-refractivity contribution is -0.242. The number of rotatable bonds is 2. The van der Waals surface area contributed by atoms with Gasteiger partial charge in [-0.25, -0.2) is 4.79 Å². The van der Waals surface area contributed by atoms with E-state index in [0.717, 1.165) is 5.06 Å². The van der Waals surface area contributed by atoms with Crippen molar-refractivity contribution in [1.82, 2.24) is 9.96 Å². The maximum absolute atomic E-state index is 11.9. The van der Waals surface area contributed by atoms with Crippen LogP contribution in [0.1, 0.15) is 12.8 Å². The smallest absolute Gasteiger partial charge is 0.361 e. The quantitative estimate of drug-likeness (QED) is 0.721. The second-order valence-corrected chi connectivity index (χ2v) is 4.00. The third kappa shape index (κ3) is 3.64. The fourth-order valence-corrected chi connectivity index (χ4v) is 1.62. The summed E-state index contributed by atoms with van der Waals surface area (Å²) in [6.07, 6.45) is -3.53. The highest BCUT2D eigenvalue weighted by Crippen LogP contribution is 2.20. The third-order valence-electron chi connectivity index (χ3n) is 2.60. The van der Waals surface area contributed by atoms with E-state index >= 15 is 0 Å². The van der Waals surface area contributed by atoms with Gasteiger partial charge in [-0.05, 0) is 26.9 Å². The highest BCUT2D eigenvalue weighted by Gasteiger charge is 2.42. The molecule has 0 atom stereocenters. The standard InChI is InChI=1S/C9H15F3N2O2/c1-13(2)7-3-5-14(6-4-7)16-8(15)9(10,11)12/h7H,3-6H2,1-2H3. The van der Waals surface area contributed by atoms with Crippen LogP contribution in [0.2, 0.25) is 0 Å². The number of hydroxylamine groups is 2. The van der Waals surface area contributed by atoms with Gasteiger partial charge in [0.15, 0.2) is 0 Å². The van der Waals surface area contributed by atoms with E-state index in [4.69, 9.17) is 0 Å². The van der Waals surface area contributed by atoms with Crippen molar-refractivity contribution in [3.8, 4) is 0 Å². The normalized spacial score (nSPS) is 20.1. The van der Waals surface area contributed by atoms with Crippen molar-refractivity contribution in [1.29, 1.82) is 0 Å². The van der Waals surface area contributed by atoms with Crippen LogP contribution in [0.15, 0.2) is 0 Å². The third-order valence-corrected chi connectivity index (χ3v) is 2.60. The largest absolute Gasteiger partial charge is 0.492 e. The SMILES string of the molecule is CN(C)C1CCN(OC(=O)C(F)(F)F)CC1. The monoisotopic (exact) mass is 240 g/mol. The van der Waals surface area contributed by atoms with E-state index in [1.807, 2.05) is 19.0 Å². The maximum atomic E-state index is 11.9. The average Bonchev–Trinajstić information content (AvgIpc) is 2.17. The van der Waals surface area contributed by atoms with Crippen LogP contribution >= 0.6 is 0 Å². The zero-order valence-electron chi connectivity index (χ0n) is 9.25. The Morgan fingerprint density at radius 2 is 1.81 bits per heavy atom. The van der Waals surface area contributed by atoms with Gasteiger partial charge in [-0.15, -0.1) is 5.06 Å². The van der Waals surface area contributed by atoms with E-state index in [1.165, 1.54) is 0 Å². The lowest BCUT2D eigenvalue weighted by Gasteiger charge is -2.33. The Bertz CT molecular complexity index is 248. The van der Waals surface area contributed by atoms with Gasteiger partial charge in [0.2, 0.25) is 0 Å². The highest BCUT2D eigenvalue weighted by molar-refractivity contribution is 5.75. The van der Waals surface area contributed by atoms with Crippen molar-refractivity contribution in [3.05, 3.63) is 0 Å². The molecule has 0 bridgehead atoms. The molecule has 1 heterocycles. The van der Waals surface area contributed by atoms with Gasteiger partial charge in [0.05, 0.1) is 0 Å². The minimum absolute atomic E-state index is 0.334. The predicted octanol–water partition coefficient (Wildman–Crippen LogP) is 1.03. The van der Waals surface area contributed by atoms with Crippen molar-refractivity contribution in [3.63, 3.8) is 0 Å². The van der Waals surface area contributed by atoms with Gasteiger partial charge in [0, 0.05) is 19.1 Å². The molecule has 0 radical (unpaired) electrons. The van der Waals surface area contributed by atoms with Crippen LogP contribution in [0.5, 0.6) is 0 Å². The Labute approximate surface area is 91.9 Å². The fraction of sp³-hybridized carbons (Fsp3) is 0.889. The number of hydrogen-bond acceptors (Lipinski definition) is 4. The van der Waals surface area contributed by atoms with E-state index in [1.54, 1.807) is 0 Å². The van der Waals surface area contributed by atoms with E-state index in [0.29, 0.717) is 32.0 Å². The molecule has 0 N–H and O–H groups in total. The summed E-state index contributed by atoms with van der Waals surface area (Å²) in [6.45, 7) is 0.676. The van der Waals surface area contributed by atoms with Crippen molar-refractivity contribution in [2.75, 3.05) is 27.2 Å². The molecule has 7 heteroatoms. The Morgan fingerprint density at radius 3 is 2.19 bits per heavy atom. The van der Waals surface area contributed by atoms with Crippen molar-refractivity contribution < 1.29 is 22.8 Å². The van der Waals surface area contributed by atoms with Crippen LogP contribution in [-0.2, 0) is 9.63 Å². The molecular weight excluding hydrogens is 225 g/mol. The van der Waals surface area contributed by atoms with Gasteiger partial charge in [-0.1, -0.05) is 0 Å². The van der Waals surface area contributed by atoms with Gasteiger partial charge in [-0.2, -0.15) is 13.2 Å². The summed E-state index contributed by atoms with van der Waals surface area (Å²) in [6, 6.07) is 0.334. The molecule has 0 saturated carbocycles. The number of carbonyl (C=O) groups is 1. The van der Waals surface area contributed by atoms with Crippen LogP contribution < -0.4 is 0 Å². The molecule has 1 rings (SSSR count). The zero-order chi connectivity index (χ0) is 12.3. The summed E-state index contributed by atoms with van der Waals surface area (Å²) >= 11 is 0. The molecule has 1 fully saturated rings. The first-order chi connectivity index (χ1) is 7.30. The summed E-state index contributed by atoms with van der Waals surface area (Å²) < 4.78 is 35.7. The lowest BCUT2D eigenvalue weighted by Crippen LogP contribution is -2.44. The number of alkyl halides is 3. The lowest BCUT2D eigenvalue weighted by atomic mass is 10.1. The van der Waals surface area contributed by atoms with Gasteiger partial charge in [-0.3, -0.25) is 0 Å². The minimum atomic E-state index is -4.92. The number of halogens is 3. The number of carbonyl (C=O) groups excluding carboxylic acids is 1. The molecule has 0 spiro atoms. The van der Waals surface area contributed by atoms with Crippen LogP contribution in [0.25, 0.3) is 0 Å². The second kappa shape index (κ2) is 5.01. The Hall–Kier alpha value is -0.820. The Morgan fingerprint density at radius 1 is 1.31 bits per heavy atom. The average molecular weight is 240 g/mol. The number of piperidine rings is 1. The fourth-order valence-electron chi connectivity index (χ4n) is 1.62. The van der Waals surface area contributed by atoms with E-state index in [2.05, 4.69) is 4.84 Å². The first kappa shape index (κ1) is 13.2. The van der Waals surface area contributed by atoms with Crippen molar-refractivity contribution >= 4 is 5.97 Å². The van der Waals surface area contributed by atoms with E-state index in [-0.39, 0.29) is 0 Å². The molecule has 4 nitrogen and oxygen atoms in total. The van der Waals surface area contributed by atoms with Gasteiger partial charge in [0.25, 0.3) is 0 Å². The molecule has 1 aliphatic rings. The first-order valence-corrected chi connectivity index (χ1v) is 5.01. The Kier molecular flexibility index (Phi) is 4.15. The number of hydrogen-bond donors (Lipinski definition) is 0.